The molecule has 0 saturated carbocycles. The first-order chi connectivity index (χ1) is 3.27. The number of aliphatic hydroxyl groups is 1. The van der Waals surface area contributed by atoms with Crippen molar-refractivity contribution in [1.82, 2.24) is 10.9 Å². The second-order valence-electron chi connectivity index (χ2n) is 1.35. The number of rotatable bonds is 3. The van der Waals surface area contributed by atoms with Crippen LogP contribution in [0.2, 0.25) is 0 Å². The van der Waals surface area contributed by atoms with E-state index in [1.807, 2.05) is 6.92 Å². The van der Waals surface area contributed by atoms with Gasteiger partial charge in [0.2, 0.25) is 0 Å². The van der Waals surface area contributed by atoms with Gasteiger partial charge >= 0.3 is 0 Å². The van der Waals surface area contributed by atoms with Crippen LogP contribution in [0.1, 0.15) is 13.8 Å². The Balaban J connectivity index is 2.68. The molecule has 0 aromatic rings. The zero-order valence-corrected chi connectivity index (χ0v) is 4.73. The van der Waals surface area contributed by atoms with Crippen molar-refractivity contribution in [2.75, 3.05) is 6.54 Å². The minimum atomic E-state index is -0.458. The molecule has 44 valence electrons. The van der Waals surface area contributed by atoms with Crippen LogP contribution in [0.25, 0.3) is 0 Å². The van der Waals surface area contributed by atoms with E-state index in [4.69, 9.17) is 5.11 Å². The molecule has 3 nitrogen and oxygen atoms in total. The lowest BCUT2D eigenvalue weighted by Crippen LogP contribution is -2.38. The van der Waals surface area contributed by atoms with E-state index in [0.717, 1.165) is 6.54 Å². The van der Waals surface area contributed by atoms with Crippen LogP contribution < -0.4 is 10.9 Å². The van der Waals surface area contributed by atoms with Crippen LogP contribution in [-0.4, -0.2) is 17.9 Å². The second kappa shape index (κ2) is 4.05. The normalized spacial score (nSPS) is 14.1. The highest BCUT2D eigenvalue weighted by atomic mass is 16.3. The Labute approximate surface area is 43.7 Å². The Morgan fingerprint density at radius 2 is 2.29 bits per heavy atom. The third-order valence-corrected chi connectivity index (χ3v) is 0.488. The average molecular weight is 104 g/mol. The molecule has 3 N–H and O–H groups in total. The van der Waals surface area contributed by atoms with Crippen molar-refractivity contribution in [2.24, 2.45) is 0 Å². The molecule has 0 heterocycles. The molecule has 0 saturated heterocycles. The molecular formula is C4H12N2O. The molecule has 0 fully saturated rings. The van der Waals surface area contributed by atoms with E-state index < -0.39 is 6.23 Å². The molecule has 3 heteroatoms. The highest BCUT2D eigenvalue weighted by Gasteiger charge is 1.85. The van der Waals surface area contributed by atoms with Gasteiger partial charge in [-0.25, -0.2) is 5.43 Å². The van der Waals surface area contributed by atoms with Gasteiger partial charge in [-0.3, -0.25) is 5.43 Å². The van der Waals surface area contributed by atoms with Crippen molar-refractivity contribution < 1.29 is 5.11 Å². The van der Waals surface area contributed by atoms with Gasteiger partial charge in [-0.05, 0) is 6.92 Å². The van der Waals surface area contributed by atoms with E-state index in [9.17, 15) is 0 Å². The highest BCUT2D eigenvalue weighted by molar-refractivity contribution is 4.33. The number of hydrogen-bond donors (Lipinski definition) is 3. The van der Waals surface area contributed by atoms with Gasteiger partial charge < -0.3 is 5.11 Å². The van der Waals surface area contributed by atoms with Crippen LogP contribution in [0.5, 0.6) is 0 Å². The van der Waals surface area contributed by atoms with E-state index in [0.29, 0.717) is 0 Å². The second-order valence-corrected chi connectivity index (χ2v) is 1.35. The molecule has 0 aliphatic heterocycles. The summed E-state index contributed by atoms with van der Waals surface area (Å²) in [7, 11) is 0. The summed E-state index contributed by atoms with van der Waals surface area (Å²) in [6, 6.07) is 0. The van der Waals surface area contributed by atoms with Crippen molar-refractivity contribution in [3.05, 3.63) is 0 Å². The van der Waals surface area contributed by atoms with E-state index in [1.54, 1.807) is 6.92 Å². The molecule has 0 amide bonds. The summed E-state index contributed by atoms with van der Waals surface area (Å²) >= 11 is 0. The van der Waals surface area contributed by atoms with Crippen LogP contribution in [0.3, 0.4) is 0 Å². The predicted molar refractivity (Wildman–Crippen MR) is 28.5 cm³/mol. The number of aliphatic hydroxyl groups excluding tert-OH is 1. The molecule has 0 radical (unpaired) electrons. The van der Waals surface area contributed by atoms with Crippen LogP contribution in [-0.2, 0) is 0 Å². The fourth-order valence-corrected chi connectivity index (χ4v) is 0.250. The summed E-state index contributed by atoms with van der Waals surface area (Å²) in [6.07, 6.45) is -0.458. The topological polar surface area (TPSA) is 44.3 Å². The monoisotopic (exact) mass is 104 g/mol. The van der Waals surface area contributed by atoms with Gasteiger partial charge in [-0.15, -0.1) is 0 Å². The summed E-state index contributed by atoms with van der Waals surface area (Å²) in [6.45, 7) is 4.43. The molecule has 0 aromatic carbocycles. The van der Waals surface area contributed by atoms with E-state index >= 15 is 0 Å². The lowest BCUT2D eigenvalue weighted by Gasteiger charge is -2.04. The average Bonchev–Trinajstić information content (AvgIpc) is 1.61. The van der Waals surface area contributed by atoms with Crippen molar-refractivity contribution in [3.63, 3.8) is 0 Å². The van der Waals surface area contributed by atoms with Crippen molar-refractivity contribution in [3.8, 4) is 0 Å². The predicted octanol–water partition coefficient (Wildman–Crippen LogP) is -0.561. The molecule has 0 bridgehead atoms. The van der Waals surface area contributed by atoms with Gasteiger partial charge in [0.15, 0.2) is 0 Å². The SMILES string of the molecule is CCNNC(C)O. The lowest BCUT2D eigenvalue weighted by atomic mass is 10.7. The maximum absolute atomic E-state index is 8.51. The standard InChI is InChI=1S/C4H12N2O/c1-3-5-6-4(2)7/h4-7H,3H2,1-2H3. The fourth-order valence-electron chi connectivity index (χ4n) is 0.250. The minimum Gasteiger partial charge on any atom is -0.378 e. The van der Waals surface area contributed by atoms with Gasteiger partial charge in [0.1, 0.15) is 6.23 Å². The zero-order valence-electron chi connectivity index (χ0n) is 4.73. The van der Waals surface area contributed by atoms with Gasteiger partial charge in [-0.2, -0.15) is 0 Å². The first-order valence-corrected chi connectivity index (χ1v) is 2.43. The van der Waals surface area contributed by atoms with Gasteiger partial charge in [0.05, 0.1) is 0 Å². The van der Waals surface area contributed by atoms with Gasteiger partial charge in [0, 0.05) is 6.54 Å². The lowest BCUT2D eigenvalue weighted by molar-refractivity contribution is 0.139. The maximum Gasteiger partial charge on any atom is 0.114 e. The first kappa shape index (κ1) is 6.88. The highest BCUT2D eigenvalue weighted by Crippen LogP contribution is 1.62. The minimum absolute atomic E-state index is 0.458. The van der Waals surface area contributed by atoms with Crippen LogP contribution in [0, 0.1) is 0 Å². The quantitative estimate of drug-likeness (QED) is 0.332. The van der Waals surface area contributed by atoms with Gasteiger partial charge in [0.25, 0.3) is 0 Å². The van der Waals surface area contributed by atoms with Crippen molar-refractivity contribution >= 4 is 0 Å². The smallest absolute Gasteiger partial charge is 0.114 e. The Kier molecular flexibility index (Phi) is 3.98. The first-order valence-electron chi connectivity index (χ1n) is 2.43. The zero-order chi connectivity index (χ0) is 5.70. The molecule has 1 atom stereocenters. The van der Waals surface area contributed by atoms with E-state index in [1.165, 1.54) is 0 Å². The molecule has 0 aliphatic rings. The van der Waals surface area contributed by atoms with Crippen molar-refractivity contribution in [2.45, 2.75) is 20.1 Å². The van der Waals surface area contributed by atoms with E-state index in [-0.39, 0.29) is 0 Å². The van der Waals surface area contributed by atoms with Crippen LogP contribution >= 0.6 is 0 Å². The molecule has 1 unspecified atom stereocenters. The fraction of sp³-hybridized carbons (Fsp3) is 1.00. The Bertz CT molecular complexity index is 38.7. The summed E-state index contributed by atoms with van der Waals surface area (Å²) < 4.78 is 0. The maximum atomic E-state index is 8.51. The molecule has 0 aliphatic carbocycles. The summed E-state index contributed by atoms with van der Waals surface area (Å²) in [5.41, 5.74) is 5.35. The molecule has 0 rings (SSSR count). The molecule has 7 heavy (non-hydrogen) atoms. The van der Waals surface area contributed by atoms with Crippen LogP contribution in [0.4, 0.5) is 0 Å². The van der Waals surface area contributed by atoms with Crippen molar-refractivity contribution in [1.29, 1.82) is 0 Å². The van der Waals surface area contributed by atoms with E-state index in [2.05, 4.69) is 10.9 Å². The number of hydrogen-bond acceptors (Lipinski definition) is 3. The molecule has 0 aromatic heterocycles. The Hall–Kier alpha value is -0.120. The Morgan fingerprint density at radius 1 is 1.71 bits per heavy atom. The summed E-state index contributed by atoms with van der Waals surface area (Å²) in [5.74, 6) is 0. The number of hydrazine groups is 1. The Morgan fingerprint density at radius 3 is 2.43 bits per heavy atom. The van der Waals surface area contributed by atoms with Crippen LogP contribution in [0.15, 0.2) is 0 Å². The molecular weight excluding hydrogens is 92.1 g/mol. The third kappa shape index (κ3) is 5.88. The molecule has 0 spiro atoms. The third-order valence-electron chi connectivity index (χ3n) is 0.488. The summed E-state index contributed by atoms with van der Waals surface area (Å²) in [4.78, 5) is 0. The summed E-state index contributed by atoms with van der Waals surface area (Å²) in [5, 5.41) is 8.51. The largest absolute Gasteiger partial charge is 0.378 e. The van der Waals surface area contributed by atoms with Gasteiger partial charge in [-0.1, -0.05) is 6.92 Å². The number of nitrogens with one attached hydrogen (secondary N) is 2.